The van der Waals surface area contributed by atoms with Crippen molar-refractivity contribution in [3.05, 3.63) is 48.3 Å². The SMILES string of the molecule is CC(C)COc1cc(NCc2ccccc2)ncn1. The van der Waals surface area contributed by atoms with Crippen molar-refractivity contribution in [3.8, 4) is 5.88 Å². The van der Waals surface area contributed by atoms with E-state index in [4.69, 9.17) is 4.74 Å². The lowest BCUT2D eigenvalue weighted by Crippen LogP contribution is -2.07. The number of benzene rings is 1. The monoisotopic (exact) mass is 257 g/mol. The summed E-state index contributed by atoms with van der Waals surface area (Å²) in [5.74, 6) is 1.87. The predicted octanol–water partition coefficient (Wildman–Crippen LogP) is 3.12. The fourth-order valence-electron chi connectivity index (χ4n) is 1.56. The smallest absolute Gasteiger partial charge is 0.218 e. The van der Waals surface area contributed by atoms with Crippen molar-refractivity contribution in [1.29, 1.82) is 0 Å². The molecule has 0 unspecified atom stereocenters. The Balaban J connectivity index is 1.91. The minimum Gasteiger partial charge on any atom is -0.477 e. The van der Waals surface area contributed by atoms with Gasteiger partial charge in [0.05, 0.1) is 6.61 Å². The Kier molecular flexibility index (Phi) is 4.72. The van der Waals surface area contributed by atoms with E-state index < -0.39 is 0 Å². The van der Waals surface area contributed by atoms with Crippen LogP contribution in [0.25, 0.3) is 0 Å². The summed E-state index contributed by atoms with van der Waals surface area (Å²) in [6, 6.07) is 12.0. The minimum atomic E-state index is 0.482. The van der Waals surface area contributed by atoms with Crippen LogP contribution in [0.2, 0.25) is 0 Å². The van der Waals surface area contributed by atoms with E-state index in [2.05, 4.69) is 41.3 Å². The highest BCUT2D eigenvalue weighted by Gasteiger charge is 2.01. The molecule has 4 nitrogen and oxygen atoms in total. The van der Waals surface area contributed by atoms with Gasteiger partial charge < -0.3 is 10.1 Å². The van der Waals surface area contributed by atoms with E-state index in [0.717, 1.165) is 12.4 Å². The van der Waals surface area contributed by atoms with E-state index in [1.54, 1.807) is 0 Å². The zero-order valence-electron chi connectivity index (χ0n) is 11.3. The Bertz CT molecular complexity index is 500. The highest BCUT2D eigenvalue weighted by molar-refractivity contribution is 5.38. The standard InChI is InChI=1S/C15H19N3O/c1-12(2)10-19-15-8-14(17-11-18-15)16-9-13-6-4-3-5-7-13/h3-8,11-12H,9-10H2,1-2H3,(H,16,17,18). The Morgan fingerprint density at radius 1 is 1.16 bits per heavy atom. The Morgan fingerprint density at radius 2 is 1.95 bits per heavy atom. The summed E-state index contributed by atoms with van der Waals surface area (Å²) in [7, 11) is 0. The van der Waals surface area contributed by atoms with Crippen LogP contribution in [0.3, 0.4) is 0 Å². The summed E-state index contributed by atoms with van der Waals surface area (Å²) in [6.45, 7) is 5.61. The maximum absolute atomic E-state index is 5.57. The normalized spacial score (nSPS) is 10.5. The zero-order valence-corrected chi connectivity index (χ0v) is 11.3. The molecule has 0 bridgehead atoms. The van der Waals surface area contributed by atoms with Crippen molar-refractivity contribution in [2.45, 2.75) is 20.4 Å². The highest BCUT2D eigenvalue weighted by Crippen LogP contribution is 2.13. The first kappa shape index (κ1) is 13.3. The van der Waals surface area contributed by atoms with Crippen LogP contribution in [0.4, 0.5) is 5.82 Å². The van der Waals surface area contributed by atoms with Gasteiger partial charge in [-0.2, -0.15) is 0 Å². The Hall–Kier alpha value is -2.10. The number of ether oxygens (including phenoxy) is 1. The molecule has 0 atom stereocenters. The summed E-state index contributed by atoms with van der Waals surface area (Å²) in [6.07, 6.45) is 1.52. The van der Waals surface area contributed by atoms with Crippen LogP contribution < -0.4 is 10.1 Å². The fourth-order valence-corrected chi connectivity index (χ4v) is 1.56. The molecule has 2 rings (SSSR count). The summed E-state index contributed by atoms with van der Waals surface area (Å²) in [5, 5.41) is 3.26. The van der Waals surface area contributed by atoms with Gasteiger partial charge in [0.15, 0.2) is 0 Å². The quantitative estimate of drug-likeness (QED) is 0.863. The third-order valence-electron chi connectivity index (χ3n) is 2.52. The van der Waals surface area contributed by atoms with Crippen molar-refractivity contribution in [1.82, 2.24) is 9.97 Å². The molecule has 0 fully saturated rings. The number of anilines is 1. The lowest BCUT2D eigenvalue weighted by Gasteiger charge is -2.09. The largest absolute Gasteiger partial charge is 0.477 e. The number of aromatic nitrogens is 2. The first-order chi connectivity index (χ1) is 9.24. The van der Waals surface area contributed by atoms with Crippen LogP contribution in [-0.4, -0.2) is 16.6 Å². The molecule has 19 heavy (non-hydrogen) atoms. The molecule has 100 valence electrons. The van der Waals surface area contributed by atoms with Gasteiger partial charge in [-0.3, -0.25) is 0 Å². The van der Waals surface area contributed by atoms with Gasteiger partial charge in [-0.1, -0.05) is 44.2 Å². The van der Waals surface area contributed by atoms with Gasteiger partial charge in [-0.25, -0.2) is 9.97 Å². The zero-order chi connectivity index (χ0) is 13.5. The number of nitrogens with one attached hydrogen (secondary N) is 1. The lowest BCUT2D eigenvalue weighted by molar-refractivity contribution is 0.261. The summed E-state index contributed by atoms with van der Waals surface area (Å²) < 4.78 is 5.57. The van der Waals surface area contributed by atoms with Crippen molar-refractivity contribution in [2.75, 3.05) is 11.9 Å². The van der Waals surface area contributed by atoms with E-state index in [0.29, 0.717) is 18.4 Å². The topological polar surface area (TPSA) is 47.0 Å². The second-order valence-corrected chi connectivity index (χ2v) is 4.79. The third-order valence-corrected chi connectivity index (χ3v) is 2.52. The van der Waals surface area contributed by atoms with Gasteiger partial charge in [0.2, 0.25) is 5.88 Å². The van der Waals surface area contributed by atoms with Crippen molar-refractivity contribution < 1.29 is 4.74 Å². The van der Waals surface area contributed by atoms with E-state index in [1.165, 1.54) is 11.9 Å². The average molecular weight is 257 g/mol. The maximum Gasteiger partial charge on any atom is 0.218 e. The molecule has 4 heteroatoms. The third kappa shape index (κ3) is 4.58. The van der Waals surface area contributed by atoms with E-state index >= 15 is 0 Å². The summed E-state index contributed by atoms with van der Waals surface area (Å²) >= 11 is 0. The predicted molar refractivity (Wildman–Crippen MR) is 76.1 cm³/mol. The second-order valence-electron chi connectivity index (χ2n) is 4.79. The number of nitrogens with zero attached hydrogens (tertiary/aromatic N) is 2. The molecule has 1 heterocycles. The van der Waals surface area contributed by atoms with E-state index in [9.17, 15) is 0 Å². The minimum absolute atomic E-state index is 0.482. The number of hydrogen-bond acceptors (Lipinski definition) is 4. The Morgan fingerprint density at radius 3 is 2.68 bits per heavy atom. The number of rotatable bonds is 6. The highest BCUT2D eigenvalue weighted by atomic mass is 16.5. The second kappa shape index (κ2) is 6.73. The molecule has 0 amide bonds. The molecule has 1 aromatic carbocycles. The molecule has 0 saturated heterocycles. The fraction of sp³-hybridized carbons (Fsp3) is 0.333. The van der Waals surface area contributed by atoms with E-state index in [-0.39, 0.29) is 0 Å². The maximum atomic E-state index is 5.57. The molecule has 2 aromatic rings. The van der Waals surface area contributed by atoms with Gasteiger partial charge in [0.25, 0.3) is 0 Å². The molecule has 1 N–H and O–H groups in total. The molecular formula is C15H19N3O. The van der Waals surface area contributed by atoms with Crippen LogP contribution in [0, 0.1) is 5.92 Å². The molecule has 0 aliphatic heterocycles. The molecule has 1 aromatic heterocycles. The lowest BCUT2D eigenvalue weighted by atomic mass is 10.2. The molecule has 0 radical (unpaired) electrons. The number of hydrogen-bond donors (Lipinski definition) is 1. The van der Waals surface area contributed by atoms with Gasteiger partial charge in [0.1, 0.15) is 12.1 Å². The average Bonchev–Trinajstić information content (AvgIpc) is 2.44. The van der Waals surface area contributed by atoms with Gasteiger partial charge in [-0.05, 0) is 11.5 Å². The van der Waals surface area contributed by atoms with Gasteiger partial charge in [0, 0.05) is 12.6 Å². The Labute approximate surface area is 113 Å². The van der Waals surface area contributed by atoms with Gasteiger partial charge >= 0.3 is 0 Å². The molecule has 0 spiro atoms. The van der Waals surface area contributed by atoms with Crippen LogP contribution in [0.5, 0.6) is 5.88 Å². The molecule has 0 aliphatic carbocycles. The first-order valence-corrected chi connectivity index (χ1v) is 6.46. The van der Waals surface area contributed by atoms with Crippen molar-refractivity contribution in [2.24, 2.45) is 5.92 Å². The summed E-state index contributed by atoms with van der Waals surface area (Å²) in [4.78, 5) is 8.27. The molecular weight excluding hydrogens is 238 g/mol. The van der Waals surface area contributed by atoms with Crippen LogP contribution in [0.1, 0.15) is 19.4 Å². The van der Waals surface area contributed by atoms with Crippen LogP contribution in [-0.2, 0) is 6.54 Å². The summed E-state index contributed by atoms with van der Waals surface area (Å²) in [5.41, 5.74) is 1.21. The van der Waals surface area contributed by atoms with Crippen LogP contribution in [0.15, 0.2) is 42.7 Å². The van der Waals surface area contributed by atoms with Crippen molar-refractivity contribution >= 4 is 5.82 Å². The first-order valence-electron chi connectivity index (χ1n) is 6.46. The van der Waals surface area contributed by atoms with E-state index in [1.807, 2.05) is 24.3 Å². The van der Waals surface area contributed by atoms with Gasteiger partial charge in [-0.15, -0.1) is 0 Å². The molecule has 0 saturated carbocycles. The van der Waals surface area contributed by atoms with Crippen molar-refractivity contribution in [3.63, 3.8) is 0 Å². The van der Waals surface area contributed by atoms with Crippen LogP contribution >= 0.6 is 0 Å². The molecule has 0 aliphatic rings.